The third-order valence-electron chi connectivity index (χ3n) is 4.75. The quantitative estimate of drug-likeness (QED) is 0.717. The minimum absolute atomic E-state index is 0.506. The van der Waals surface area contributed by atoms with E-state index in [0.717, 1.165) is 25.9 Å². The van der Waals surface area contributed by atoms with Crippen LogP contribution in [0.4, 0.5) is 0 Å². The molecule has 2 saturated heterocycles. The molecule has 1 N–H and O–H groups in total. The molecule has 2 aliphatic rings. The van der Waals surface area contributed by atoms with Crippen molar-refractivity contribution in [2.24, 2.45) is 0 Å². The van der Waals surface area contributed by atoms with Gasteiger partial charge in [0, 0.05) is 25.3 Å². The summed E-state index contributed by atoms with van der Waals surface area (Å²) < 4.78 is 10.8. The van der Waals surface area contributed by atoms with Gasteiger partial charge in [0.25, 0.3) is 0 Å². The number of aliphatic hydroxyl groups is 1. The summed E-state index contributed by atoms with van der Waals surface area (Å²) in [7, 11) is 2.21. The largest absolute Gasteiger partial charge is 0.390 e. The zero-order valence-electron chi connectivity index (χ0n) is 12.4. The average Bonchev–Trinajstić information content (AvgIpc) is 2.36. The molecule has 0 aromatic rings. The van der Waals surface area contributed by atoms with Crippen molar-refractivity contribution < 1.29 is 14.6 Å². The van der Waals surface area contributed by atoms with E-state index in [1.54, 1.807) is 0 Å². The molecule has 0 aliphatic carbocycles. The van der Waals surface area contributed by atoms with E-state index in [9.17, 15) is 5.11 Å². The highest BCUT2D eigenvalue weighted by atomic mass is 16.5. The summed E-state index contributed by atoms with van der Waals surface area (Å²) in [5.74, 6) is 0. The second-order valence-electron chi connectivity index (χ2n) is 6.10. The lowest BCUT2D eigenvalue weighted by atomic mass is 9.74. The van der Waals surface area contributed by atoms with Crippen LogP contribution in [0.1, 0.15) is 45.4 Å². The molecule has 2 heterocycles. The van der Waals surface area contributed by atoms with Crippen molar-refractivity contribution in [2.45, 2.75) is 63.1 Å². The molecule has 2 atom stereocenters. The van der Waals surface area contributed by atoms with E-state index in [-0.39, 0.29) is 0 Å². The molecule has 2 unspecified atom stereocenters. The fraction of sp³-hybridized carbons (Fsp3) is 1.00. The molecular formula is C15H29NO3. The second-order valence-corrected chi connectivity index (χ2v) is 6.10. The molecular weight excluding hydrogens is 242 g/mol. The van der Waals surface area contributed by atoms with E-state index < -0.39 is 5.60 Å². The molecule has 0 aromatic heterocycles. The highest BCUT2D eigenvalue weighted by molar-refractivity contribution is 4.98. The second kappa shape index (κ2) is 7.02. The number of rotatable bonds is 7. The summed E-state index contributed by atoms with van der Waals surface area (Å²) in [6.07, 6.45) is 6.38. The smallest absolute Gasteiger partial charge is 0.0700 e. The fourth-order valence-electron chi connectivity index (χ4n) is 3.58. The van der Waals surface area contributed by atoms with Crippen LogP contribution in [-0.2, 0) is 9.47 Å². The normalized spacial score (nSPS) is 35.5. The van der Waals surface area contributed by atoms with E-state index in [1.807, 2.05) is 6.92 Å². The zero-order chi connectivity index (χ0) is 13.7. The summed E-state index contributed by atoms with van der Waals surface area (Å²) in [6, 6.07) is 1.14. The zero-order valence-corrected chi connectivity index (χ0v) is 12.4. The minimum atomic E-state index is -0.506. The third-order valence-corrected chi connectivity index (χ3v) is 4.75. The number of nitrogens with zero attached hydrogens (tertiary/aromatic N) is 1. The molecule has 0 amide bonds. The van der Waals surface area contributed by atoms with Crippen LogP contribution in [0.5, 0.6) is 0 Å². The third kappa shape index (κ3) is 4.15. The lowest BCUT2D eigenvalue weighted by Gasteiger charge is -2.50. The Hall–Kier alpha value is -0.160. The standard InChI is InChI=1S/C15H29NO3/c1-3-18-9-10-19-8-7-15(17)11-13-5-4-6-14(12-15)16(13)2/h13-14,17H,3-12H2,1-2H3. The van der Waals surface area contributed by atoms with Crippen LogP contribution in [0.3, 0.4) is 0 Å². The Morgan fingerprint density at radius 3 is 2.37 bits per heavy atom. The summed E-state index contributed by atoms with van der Waals surface area (Å²) in [5, 5.41) is 10.8. The molecule has 0 saturated carbocycles. The average molecular weight is 271 g/mol. The van der Waals surface area contributed by atoms with Gasteiger partial charge in [-0.05, 0) is 46.1 Å². The Kier molecular flexibility index (Phi) is 5.63. The first-order valence-corrected chi connectivity index (χ1v) is 7.74. The molecule has 4 nitrogen and oxygen atoms in total. The van der Waals surface area contributed by atoms with Gasteiger partial charge in [0.05, 0.1) is 18.8 Å². The highest BCUT2D eigenvalue weighted by Gasteiger charge is 2.43. The van der Waals surface area contributed by atoms with Gasteiger partial charge in [-0.25, -0.2) is 0 Å². The predicted molar refractivity (Wildman–Crippen MR) is 75.3 cm³/mol. The summed E-state index contributed by atoms with van der Waals surface area (Å²) >= 11 is 0. The minimum Gasteiger partial charge on any atom is -0.390 e. The molecule has 4 heteroatoms. The van der Waals surface area contributed by atoms with E-state index in [4.69, 9.17) is 9.47 Å². The van der Waals surface area contributed by atoms with Gasteiger partial charge in [-0.3, -0.25) is 0 Å². The van der Waals surface area contributed by atoms with E-state index in [0.29, 0.717) is 31.9 Å². The Bertz CT molecular complexity index is 258. The molecule has 2 bridgehead atoms. The maximum Gasteiger partial charge on any atom is 0.0700 e. The van der Waals surface area contributed by atoms with Crippen LogP contribution >= 0.6 is 0 Å². The number of ether oxygens (including phenoxy) is 2. The molecule has 0 aromatic carbocycles. The van der Waals surface area contributed by atoms with Crippen molar-refractivity contribution in [1.82, 2.24) is 4.90 Å². The lowest BCUT2D eigenvalue weighted by Crippen LogP contribution is -2.56. The Morgan fingerprint density at radius 2 is 1.74 bits per heavy atom. The summed E-state index contributed by atoms with van der Waals surface area (Å²) in [6.45, 7) is 4.66. The van der Waals surface area contributed by atoms with Gasteiger partial charge in [-0.1, -0.05) is 6.42 Å². The van der Waals surface area contributed by atoms with E-state index in [2.05, 4.69) is 11.9 Å². The predicted octanol–water partition coefficient (Wildman–Crippen LogP) is 1.81. The maximum absolute atomic E-state index is 10.8. The van der Waals surface area contributed by atoms with Crippen LogP contribution in [0, 0.1) is 0 Å². The maximum atomic E-state index is 10.8. The number of fused-ring (bicyclic) bond motifs is 2. The van der Waals surface area contributed by atoms with Gasteiger partial charge in [-0.2, -0.15) is 0 Å². The summed E-state index contributed by atoms with van der Waals surface area (Å²) in [5.41, 5.74) is -0.506. The van der Waals surface area contributed by atoms with E-state index in [1.165, 1.54) is 19.3 Å². The van der Waals surface area contributed by atoms with Crippen molar-refractivity contribution in [3.05, 3.63) is 0 Å². The van der Waals surface area contributed by atoms with Gasteiger partial charge in [0.15, 0.2) is 0 Å². The number of piperidine rings is 2. The first kappa shape index (κ1) is 15.2. The van der Waals surface area contributed by atoms with Crippen LogP contribution in [0.2, 0.25) is 0 Å². The van der Waals surface area contributed by atoms with Crippen molar-refractivity contribution >= 4 is 0 Å². The van der Waals surface area contributed by atoms with Gasteiger partial charge in [0.2, 0.25) is 0 Å². The molecule has 19 heavy (non-hydrogen) atoms. The fourth-order valence-corrected chi connectivity index (χ4v) is 3.58. The molecule has 0 spiro atoms. The van der Waals surface area contributed by atoms with E-state index >= 15 is 0 Å². The van der Waals surface area contributed by atoms with Crippen LogP contribution in [-0.4, -0.2) is 61.2 Å². The van der Waals surface area contributed by atoms with Crippen molar-refractivity contribution in [3.8, 4) is 0 Å². The van der Waals surface area contributed by atoms with Crippen LogP contribution in [0.25, 0.3) is 0 Å². The van der Waals surface area contributed by atoms with Gasteiger partial charge in [0.1, 0.15) is 0 Å². The molecule has 2 rings (SSSR count). The monoisotopic (exact) mass is 271 g/mol. The molecule has 112 valence electrons. The first-order chi connectivity index (χ1) is 9.14. The van der Waals surface area contributed by atoms with Crippen molar-refractivity contribution in [3.63, 3.8) is 0 Å². The molecule has 2 aliphatic heterocycles. The Labute approximate surface area is 117 Å². The first-order valence-electron chi connectivity index (χ1n) is 7.74. The molecule has 0 radical (unpaired) electrons. The van der Waals surface area contributed by atoms with Gasteiger partial charge >= 0.3 is 0 Å². The van der Waals surface area contributed by atoms with Crippen LogP contribution in [0.15, 0.2) is 0 Å². The number of hydrogen-bond acceptors (Lipinski definition) is 4. The summed E-state index contributed by atoms with van der Waals surface area (Å²) in [4.78, 5) is 2.48. The molecule has 2 fully saturated rings. The van der Waals surface area contributed by atoms with Crippen molar-refractivity contribution in [2.75, 3.05) is 33.5 Å². The Morgan fingerprint density at radius 1 is 1.11 bits per heavy atom. The van der Waals surface area contributed by atoms with Gasteiger partial charge < -0.3 is 19.5 Å². The Balaban J connectivity index is 1.70. The SMILES string of the molecule is CCOCCOCCC1(O)CC2CCCC(C1)N2C. The number of hydrogen-bond donors (Lipinski definition) is 1. The van der Waals surface area contributed by atoms with Crippen LogP contribution < -0.4 is 0 Å². The van der Waals surface area contributed by atoms with Crippen molar-refractivity contribution in [1.29, 1.82) is 0 Å². The lowest BCUT2D eigenvalue weighted by molar-refractivity contribution is -0.0978. The highest BCUT2D eigenvalue weighted by Crippen LogP contribution is 2.39. The topological polar surface area (TPSA) is 41.9 Å². The van der Waals surface area contributed by atoms with Gasteiger partial charge in [-0.15, -0.1) is 0 Å².